The van der Waals surface area contributed by atoms with Crippen molar-refractivity contribution in [3.05, 3.63) is 29.8 Å². The maximum absolute atomic E-state index is 11.9. The number of benzene rings is 1. The molecule has 1 unspecified atom stereocenters. The first-order chi connectivity index (χ1) is 8.65. The average molecular weight is 268 g/mol. The van der Waals surface area contributed by atoms with Crippen LogP contribution in [0.3, 0.4) is 0 Å². The number of hydrogen-bond donors (Lipinski definition) is 0. The highest BCUT2D eigenvalue weighted by Gasteiger charge is 2.08. The second kappa shape index (κ2) is 8.29. The molecule has 1 rings (SSSR count). The zero-order chi connectivity index (χ0) is 13.4. The Hall–Kier alpha value is -0.840. The highest BCUT2D eigenvalue weighted by Crippen LogP contribution is 2.13. The molecular weight excluding hydrogens is 248 g/mol. The van der Waals surface area contributed by atoms with Gasteiger partial charge in [0.2, 0.25) is 0 Å². The van der Waals surface area contributed by atoms with E-state index in [0.29, 0.717) is 12.0 Å². The average Bonchev–Trinajstić information content (AvgIpc) is 2.38. The van der Waals surface area contributed by atoms with Crippen LogP contribution in [0.25, 0.3) is 0 Å². The summed E-state index contributed by atoms with van der Waals surface area (Å²) in [6.07, 6.45) is 5.10. The van der Waals surface area contributed by atoms with Gasteiger partial charge >= 0.3 is 0 Å². The summed E-state index contributed by atoms with van der Waals surface area (Å²) in [5.74, 6) is 0.154. The summed E-state index contributed by atoms with van der Waals surface area (Å²) in [5.41, 5.74) is 0.705. The van der Waals surface area contributed by atoms with Crippen LogP contribution in [-0.2, 0) is 15.9 Å². The lowest BCUT2D eigenvalue weighted by Gasteiger charge is -2.05. The number of hydrogen-bond acceptors (Lipinski definition) is 3. The van der Waals surface area contributed by atoms with E-state index in [-0.39, 0.29) is 5.78 Å². The van der Waals surface area contributed by atoms with E-state index in [2.05, 4.69) is 0 Å². The molecule has 0 radical (unpaired) electrons. The van der Waals surface area contributed by atoms with Crippen molar-refractivity contribution in [2.45, 2.75) is 30.6 Å². The van der Waals surface area contributed by atoms with E-state index < -0.39 is 11.2 Å². The molecule has 4 heteroatoms. The van der Waals surface area contributed by atoms with Crippen molar-refractivity contribution >= 4 is 17.0 Å². The Kier molecular flexibility index (Phi) is 7.01. The van der Waals surface area contributed by atoms with E-state index in [4.69, 9.17) is 4.74 Å². The monoisotopic (exact) mass is 268 g/mol. The van der Waals surface area contributed by atoms with Crippen molar-refractivity contribution in [2.24, 2.45) is 0 Å². The second-order valence-corrected chi connectivity index (χ2v) is 5.58. The third-order valence-corrected chi connectivity index (χ3v) is 3.70. The van der Waals surface area contributed by atoms with Gasteiger partial charge in [-0.1, -0.05) is 6.42 Å². The number of unbranched alkanes of at least 4 members (excludes halogenated alkanes) is 2. The Morgan fingerprint density at radius 3 is 2.44 bits per heavy atom. The predicted molar refractivity (Wildman–Crippen MR) is 73.4 cm³/mol. The molecule has 0 aliphatic heterocycles. The fraction of sp³-hybridized carbons (Fsp3) is 0.500. The lowest BCUT2D eigenvalue weighted by atomic mass is 10.1. The molecule has 0 bridgehead atoms. The number of ether oxygens (including phenoxy) is 1. The number of carbonyl (C=O) groups excluding carboxylic acids is 1. The second-order valence-electron chi connectivity index (χ2n) is 4.21. The van der Waals surface area contributed by atoms with Gasteiger partial charge in [-0.15, -0.1) is 0 Å². The Morgan fingerprint density at radius 2 is 1.89 bits per heavy atom. The Morgan fingerprint density at radius 1 is 1.22 bits per heavy atom. The molecule has 1 aromatic carbocycles. The Labute approximate surface area is 112 Å². The molecule has 0 aliphatic carbocycles. The van der Waals surface area contributed by atoms with E-state index in [1.54, 1.807) is 37.6 Å². The van der Waals surface area contributed by atoms with Crippen LogP contribution in [0.5, 0.6) is 0 Å². The molecule has 1 atom stereocenters. The van der Waals surface area contributed by atoms with Crippen LogP contribution in [0.1, 0.15) is 36.0 Å². The molecule has 0 heterocycles. The molecular formula is C14H20O3S. The van der Waals surface area contributed by atoms with Crippen LogP contribution in [0.15, 0.2) is 29.2 Å². The minimum absolute atomic E-state index is 0.154. The van der Waals surface area contributed by atoms with E-state index >= 15 is 0 Å². The molecule has 0 spiro atoms. The standard InChI is InChI=1S/C14H20O3S/c1-17-11-5-3-4-6-14(15)12-7-9-13(10-8-12)18(2)16/h7-10H,3-6,11H2,1-2H3. The van der Waals surface area contributed by atoms with Gasteiger partial charge in [-0.2, -0.15) is 0 Å². The van der Waals surface area contributed by atoms with Crippen molar-refractivity contribution in [3.8, 4) is 0 Å². The van der Waals surface area contributed by atoms with Crippen LogP contribution in [0.4, 0.5) is 0 Å². The summed E-state index contributed by atoms with van der Waals surface area (Å²) in [5, 5.41) is 0. The molecule has 0 amide bonds. The van der Waals surface area contributed by atoms with Gasteiger partial charge in [0.1, 0.15) is 6.26 Å². The quantitative estimate of drug-likeness (QED) is 0.414. The lowest BCUT2D eigenvalue weighted by molar-refractivity contribution is 0.0977. The molecule has 0 aromatic heterocycles. The topological polar surface area (TPSA) is 49.4 Å². The number of rotatable bonds is 8. The van der Waals surface area contributed by atoms with Gasteiger partial charge in [-0.3, -0.25) is 4.79 Å². The van der Waals surface area contributed by atoms with Crippen molar-refractivity contribution in [1.82, 2.24) is 0 Å². The van der Waals surface area contributed by atoms with Gasteiger partial charge in [-0.25, -0.2) is 0 Å². The van der Waals surface area contributed by atoms with Crippen molar-refractivity contribution in [2.75, 3.05) is 20.0 Å². The minimum Gasteiger partial charge on any atom is -0.612 e. The van der Waals surface area contributed by atoms with Crippen LogP contribution in [0, 0.1) is 0 Å². The van der Waals surface area contributed by atoms with Crippen LogP contribution < -0.4 is 0 Å². The van der Waals surface area contributed by atoms with Crippen molar-refractivity contribution in [3.63, 3.8) is 0 Å². The van der Waals surface area contributed by atoms with Crippen molar-refractivity contribution in [1.29, 1.82) is 0 Å². The number of ketones is 1. The summed E-state index contributed by atoms with van der Waals surface area (Å²) in [6, 6.07) is 7.03. The smallest absolute Gasteiger partial charge is 0.162 e. The van der Waals surface area contributed by atoms with Gasteiger partial charge < -0.3 is 9.29 Å². The fourth-order valence-electron chi connectivity index (χ4n) is 1.69. The molecule has 0 saturated heterocycles. The number of carbonyl (C=O) groups is 1. The van der Waals surface area contributed by atoms with E-state index in [1.807, 2.05) is 0 Å². The highest BCUT2D eigenvalue weighted by molar-refractivity contribution is 7.90. The number of Topliss-reactive ketones (excluding diaryl/α,β-unsaturated/α-hetero) is 1. The minimum atomic E-state index is -0.985. The normalized spacial score (nSPS) is 12.4. The third-order valence-electron chi connectivity index (χ3n) is 2.76. The molecule has 0 saturated carbocycles. The van der Waals surface area contributed by atoms with Crippen LogP contribution in [0.2, 0.25) is 0 Å². The van der Waals surface area contributed by atoms with Gasteiger partial charge in [0.15, 0.2) is 10.7 Å². The van der Waals surface area contributed by atoms with E-state index in [1.165, 1.54) is 0 Å². The lowest BCUT2D eigenvalue weighted by Crippen LogP contribution is -2.01. The maximum Gasteiger partial charge on any atom is 0.162 e. The van der Waals surface area contributed by atoms with Crippen molar-refractivity contribution < 1.29 is 14.1 Å². The molecule has 1 aromatic rings. The Bertz CT molecular complexity index is 360. The summed E-state index contributed by atoms with van der Waals surface area (Å²) < 4.78 is 16.2. The highest BCUT2D eigenvalue weighted by atomic mass is 32.2. The Balaban J connectivity index is 2.37. The van der Waals surface area contributed by atoms with Crippen LogP contribution >= 0.6 is 0 Å². The molecule has 0 aliphatic rings. The van der Waals surface area contributed by atoms with E-state index in [0.717, 1.165) is 30.8 Å². The molecule has 3 nitrogen and oxygen atoms in total. The van der Waals surface area contributed by atoms with Gasteiger partial charge in [0.25, 0.3) is 0 Å². The molecule has 100 valence electrons. The first-order valence-electron chi connectivity index (χ1n) is 6.11. The third kappa shape index (κ3) is 5.21. The summed E-state index contributed by atoms with van der Waals surface area (Å²) >= 11 is -0.985. The zero-order valence-corrected chi connectivity index (χ0v) is 11.8. The molecule has 0 fully saturated rings. The van der Waals surface area contributed by atoms with Gasteiger partial charge in [0.05, 0.1) is 0 Å². The van der Waals surface area contributed by atoms with E-state index in [9.17, 15) is 9.35 Å². The summed E-state index contributed by atoms with van der Waals surface area (Å²) in [4.78, 5) is 12.6. The zero-order valence-electron chi connectivity index (χ0n) is 11.0. The summed E-state index contributed by atoms with van der Waals surface area (Å²) in [6.45, 7) is 0.755. The fourth-order valence-corrected chi connectivity index (χ4v) is 2.20. The largest absolute Gasteiger partial charge is 0.612 e. The molecule has 0 N–H and O–H groups in total. The summed E-state index contributed by atoms with van der Waals surface area (Å²) in [7, 11) is 1.68. The molecule has 18 heavy (non-hydrogen) atoms. The SMILES string of the molecule is COCCCCCC(=O)c1ccc([S+](C)[O-])cc1. The maximum atomic E-state index is 11.9. The van der Waals surface area contributed by atoms with Gasteiger partial charge in [0, 0.05) is 25.7 Å². The first-order valence-corrected chi connectivity index (χ1v) is 7.66. The first kappa shape index (κ1) is 15.2. The van der Waals surface area contributed by atoms with Gasteiger partial charge in [-0.05, 0) is 48.3 Å². The van der Waals surface area contributed by atoms with Crippen LogP contribution in [-0.4, -0.2) is 30.3 Å². The predicted octanol–water partition coefficient (Wildman–Crippen LogP) is 2.81. The number of methoxy groups -OCH3 is 1.